The summed E-state index contributed by atoms with van der Waals surface area (Å²) in [6, 6.07) is 8.78. The maximum Gasteiger partial charge on any atom is 0.194 e. The number of hydrogen-bond acceptors (Lipinski definition) is 4. The summed E-state index contributed by atoms with van der Waals surface area (Å²) in [4.78, 5) is 9.86. The van der Waals surface area contributed by atoms with Crippen molar-refractivity contribution < 1.29 is 9.47 Å². The maximum atomic E-state index is 5.73. The zero-order chi connectivity index (χ0) is 18.2. The van der Waals surface area contributed by atoms with Crippen LogP contribution in [-0.2, 0) is 11.3 Å². The van der Waals surface area contributed by atoms with Gasteiger partial charge in [-0.1, -0.05) is 18.2 Å². The van der Waals surface area contributed by atoms with Gasteiger partial charge in [-0.2, -0.15) is 0 Å². The Labute approximate surface area is 180 Å². The standard InChI is InChI=1S/C20H32N4O2.HI/c1-3-21-20(22-15-17-7-5-6-8-19(17)26-4-2)24-10-9-18(16-24)23-11-13-25-14-12-23;/h5-8,18H,3-4,9-16H2,1-2H3,(H,21,22);1H. The van der Waals surface area contributed by atoms with Crippen molar-refractivity contribution in [1.82, 2.24) is 15.1 Å². The molecule has 7 heteroatoms. The van der Waals surface area contributed by atoms with Crippen LogP contribution in [-0.4, -0.2) is 74.3 Å². The molecule has 0 aliphatic carbocycles. The smallest absolute Gasteiger partial charge is 0.194 e. The SMILES string of the molecule is CCNC(=NCc1ccccc1OCC)N1CCC(N2CCOCC2)C1.I. The van der Waals surface area contributed by atoms with Gasteiger partial charge in [0.25, 0.3) is 0 Å². The van der Waals surface area contributed by atoms with Crippen LogP contribution in [0, 0.1) is 0 Å². The number of morpholine rings is 1. The first-order valence-electron chi connectivity index (χ1n) is 9.87. The molecule has 2 aliphatic heterocycles. The number of benzene rings is 1. The molecular formula is C20H33IN4O2. The van der Waals surface area contributed by atoms with Crippen LogP contribution in [0.4, 0.5) is 0 Å². The minimum atomic E-state index is 0. The molecule has 0 amide bonds. The monoisotopic (exact) mass is 488 g/mol. The lowest BCUT2D eigenvalue weighted by Gasteiger charge is -2.32. The van der Waals surface area contributed by atoms with E-state index >= 15 is 0 Å². The van der Waals surface area contributed by atoms with Crippen molar-refractivity contribution in [2.24, 2.45) is 4.99 Å². The van der Waals surface area contributed by atoms with E-state index < -0.39 is 0 Å². The number of aliphatic imine (C=N–C) groups is 1. The summed E-state index contributed by atoms with van der Waals surface area (Å²) < 4.78 is 11.2. The second kappa shape index (κ2) is 11.7. The van der Waals surface area contributed by atoms with Crippen molar-refractivity contribution in [1.29, 1.82) is 0 Å². The second-order valence-electron chi connectivity index (χ2n) is 6.75. The van der Waals surface area contributed by atoms with Crippen molar-refractivity contribution in [3.05, 3.63) is 29.8 Å². The molecule has 0 bridgehead atoms. The van der Waals surface area contributed by atoms with Gasteiger partial charge in [-0.25, -0.2) is 4.99 Å². The van der Waals surface area contributed by atoms with Crippen LogP contribution in [0.25, 0.3) is 0 Å². The summed E-state index contributed by atoms with van der Waals surface area (Å²) in [5, 5.41) is 3.46. The highest BCUT2D eigenvalue weighted by Gasteiger charge is 2.30. The normalized spacial score (nSPS) is 21.0. The summed E-state index contributed by atoms with van der Waals surface area (Å²) in [6.45, 7) is 12.2. The van der Waals surface area contributed by atoms with Crippen LogP contribution in [0.3, 0.4) is 0 Å². The molecule has 2 heterocycles. The molecule has 1 N–H and O–H groups in total. The lowest BCUT2D eigenvalue weighted by Crippen LogP contribution is -2.46. The molecule has 0 saturated carbocycles. The third kappa shape index (κ3) is 6.22. The molecule has 3 rings (SSSR count). The molecule has 1 unspecified atom stereocenters. The van der Waals surface area contributed by atoms with Gasteiger partial charge in [-0.05, 0) is 26.3 Å². The third-order valence-corrected chi connectivity index (χ3v) is 5.03. The van der Waals surface area contributed by atoms with E-state index in [1.807, 2.05) is 25.1 Å². The molecule has 2 fully saturated rings. The highest BCUT2D eigenvalue weighted by Crippen LogP contribution is 2.20. The Balaban J connectivity index is 0.00000261. The van der Waals surface area contributed by atoms with Crippen LogP contribution < -0.4 is 10.1 Å². The largest absolute Gasteiger partial charge is 0.494 e. The van der Waals surface area contributed by atoms with E-state index in [1.165, 1.54) is 6.42 Å². The molecule has 2 saturated heterocycles. The molecule has 0 spiro atoms. The van der Waals surface area contributed by atoms with Gasteiger partial charge in [0.15, 0.2) is 5.96 Å². The zero-order valence-electron chi connectivity index (χ0n) is 16.5. The second-order valence-corrected chi connectivity index (χ2v) is 6.75. The van der Waals surface area contributed by atoms with E-state index in [2.05, 4.69) is 28.1 Å². The number of ether oxygens (including phenoxy) is 2. The summed E-state index contributed by atoms with van der Waals surface area (Å²) in [6.07, 6.45) is 1.19. The minimum absolute atomic E-state index is 0. The van der Waals surface area contributed by atoms with Crippen LogP contribution >= 0.6 is 24.0 Å². The molecule has 1 atom stereocenters. The number of hydrogen-bond donors (Lipinski definition) is 1. The average molecular weight is 488 g/mol. The number of halogens is 1. The molecule has 0 aromatic heterocycles. The number of nitrogens with one attached hydrogen (secondary N) is 1. The van der Waals surface area contributed by atoms with E-state index in [4.69, 9.17) is 14.5 Å². The Morgan fingerprint density at radius 3 is 2.74 bits per heavy atom. The van der Waals surface area contributed by atoms with Crippen molar-refractivity contribution in [2.45, 2.75) is 32.9 Å². The van der Waals surface area contributed by atoms with Gasteiger partial charge in [-0.15, -0.1) is 24.0 Å². The average Bonchev–Trinajstić information content (AvgIpc) is 3.17. The fraction of sp³-hybridized carbons (Fsp3) is 0.650. The highest BCUT2D eigenvalue weighted by atomic mass is 127. The molecule has 1 aromatic rings. The first-order chi connectivity index (χ1) is 12.8. The third-order valence-electron chi connectivity index (χ3n) is 5.03. The van der Waals surface area contributed by atoms with Gasteiger partial charge in [-0.3, -0.25) is 4.90 Å². The number of para-hydroxylation sites is 1. The van der Waals surface area contributed by atoms with E-state index in [0.29, 0.717) is 19.2 Å². The van der Waals surface area contributed by atoms with Crippen molar-refractivity contribution in [3.63, 3.8) is 0 Å². The van der Waals surface area contributed by atoms with Crippen molar-refractivity contribution in [3.8, 4) is 5.75 Å². The lowest BCUT2D eigenvalue weighted by atomic mass is 10.2. The van der Waals surface area contributed by atoms with Crippen molar-refractivity contribution >= 4 is 29.9 Å². The zero-order valence-corrected chi connectivity index (χ0v) is 18.9. The number of nitrogens with zero attached hydrogens (tertiary/aromatic N) is 3. The van der Waals surface area contributed by atoms with Gasteiger partial charge in [0.1, 0.15) is 5.75 Å². The molecule has 1 aromatic carbocycles. The first kappa shape index (κ1) is 22.2. The Morgan fingerprint density at radius 2 is 2.00 bits per heavy atom. The van der Waals surface area contributed by atoms with Gasteiger partial charge in [0.2, 0.25) is 0 Å². The molecule has 152 valence electrons. The Kier molecular flexibility index (Phi) is 9.64. The van der Waals surface area contributed by atoms with E-state index in [-0.39, 0.29) is 24.0 Å². The topological polar surface area (TPSA) is 49.3 Å². The number of likely N-dealkylation sites (tertiary alicyclic amines) is 1. The van der Waals surface area contributed by atoms with Crippen LogP contribution in [0.15, 0.2) is 29.3 Å². The molecule has 0 radical (unpaired) electrons. The Morgan fingerprint density at radius 1 is 1.22 bits per heavy atom. The quantitative estimate of drug-likeness (QED) is 0.379. The van der Waals surface area contributed by atoms with Gasteiger partial charge in [0.05, 0.1) is 26.4 Å². The summed E-state index contributed by atoms with van der Waals surface area (Å²) >= 11 is 0. The molecule has 6 nitrogen and oxygen atoms in total. The summed E-state index contributed by atoms with van der Waals surface area (Å²) in [5.74, 6) is 1.94. The first-order valence-corrected chi connectivity index (χ1v) is 9.87. The van der Waals surface area contributed by atoms with E-state index in [9.17, 15) is 0 Å². The van der Waals surface area contributed by atoms with Crippen LogP contribution in [0.5, 0.6) is 5.75 Å². The Bertz CT molecular complexity index is 593. The molecular weight excluding hydrogens is 455 g/mol. The number of rotatable bonds is 6. The van der Waals surface area contributed by atoms with Gasteiger partial charge < -0.3 is 19.7 Å². The number of guanidine groups is 1. The van der Waals surface area contributed by atoms with Crippen LogP contribution in [0.2, 0.25) is 0 Å². The predicted molar refractivity (Wildman–Crippen MR) is 120 cm³/mol. The van der Waals surface area contributed by atoms with Gasteiger partial charge in [0, 0.05) is 44.3 Å². The molecule has 2 aliphatic rings. The lowest BCUT2D eigenvalue weighted by molar-refractivity contribution is 0.0195. The molecule has 27 heavy (non-hydrogen) atoms. The van der Waals surface area contributed by atoms with Gasteiger partial charge >= 0.3 is 0 Å². The van der Waals surface area contributed by atoms with Crippen molar-refractivity contribution in [2.75, 3.05) is 52.5 Å². The fourth-order valence-corrected chi connectivity index (χ4v) is 3.69. The van der Waals surface area contributed by atoms with Crippen LogP contribution in [0.1, 0.15) is 25.8 Å². The fourth-order valence-electron chi connectivity index (χ4n) is 3.69. The van der Waals surface area contributed by atoms with E-state index in [0.717, 1.165) is 63.2 Å². The Hall–Kier alpha value is -1.06. The minimum Gasteiger partial charge on any atom is -0.494 e. The highest BCUT2D eigenvalue weighted by molar-refractivity contribution is 14.0. The predicted octanol–water partition coefficient (Wildman–Crippen LogP) is 2.58. The van der Waals surface area contributed by atoms with E-state index in [1.54, 1.807) is 0 Å². The summed E-state index contributed by atoms with van der Waals surface area (Å²) in [5.41, 5.74) is 1.13. The summed E-state index contributed by atoms with van der Waals surface area (Å²) in [7, 11) is 0. The maximum absolute atomic E-state index is 5.73.